The molecule has 0 aromatic heterocycles. The molecule has 1 aliphatic heterocycles. The van der Waals surface area contributed by atoms with Crippen LogP contribution in [0.5, 0.6) is 5.75 Å². The first-order valence-corrected chi connectivity index (χ1v) is 5.21. The summed E-state index contributed by atoms with van der Waals surface area (Å²) in [4.78, 5) is 11.0. The number of methoxy groups -OCH3 is 1. The molecule has 6 heteroatoms. The minimum Gasteiger partial charge on any atom is -0.497 e. The zero-order valence-corrected chi connectivity index (χ0v) is 9.49. The summed E-state index contributed by atoms with van der Waals surface area (Å²) in [6, 6.07) is 4.93. The average molecular weight is 240 g/mol. The van der Waals surface area contributed by atoms with E-state index in [2.05, 4.69) is 0 Å². The van der Waals surface area contributed by atoms with Crippen LogP contribution in [-0.4, -0.2) is 32.7 Å². The van der Waals surface area contributed by atoms with E-state index < -0.39 is 12.4 Å². The second-order valence-electron chi connectivity index (χ2n) is 3.30. The second kappa shape index (κ2) is 4.87. The van der Waals surface area contributed by atoms with Gasteiger partial charge in [-0.05, 0) is 17.7 Å². The largest absolute Gasteiger partial charge is 0.497 e. The van der Waals surface area contributed by atoms with E-state index in [0.29, 0.717) is 24.5 Å². The van der Waals surface area contributed by atoms with Crippen molar-refractivity contribution in [2.75, 3.05) is 20.3 Å². The Balaban J connectivity index is 2.34. The van der Waals surface area contributed by atoms with Crippen LogP contribution in [0.1, 0.15) is 10.4 Å². The van der Waals surface area contributed by atoms with E-state index in [9.17, 15) is 4.79 Å². The van der Waals surface area contributed by atoms with E-state index in [0.717, 1.165) is 5.46 Å². The second-order valence-corrected chi connectivity index (χ2v) is 3.65. The van der Waals surface area contributed by atoms with Crippen LogP contribution < -0.4 is 10.2 Å². The molecule has 0 atom stereocenters. The van der Waals surface area contributed by atoms with Gasteiger partial charge in [-0.3, -0.25) is 4.79 Å². The van der Waals surface area contributed by atoms with Gasteiger partial charge in [-0.1, -0.05) is 12.1 Å². The summed E-state index contributed by atoms with van der Waals surface area (Å²) in [6.07, 6.45) is 0. The highest BCUT2D eigenvalue weighted by atomic mass is 35.5. The first-order valence-electron chi connectivity index (χ1n) is 4.83. The number of hydrogen-bond donors (Lipinski definition) is 0. The molecule has 1 aromatic carbocycles. The lowest BCUT2D eigenvalue weighted by Crippen LogP contribution is -2.33. The molecule has 84 valence electrons. The molecule has 0 N–H and O–H groups in total. The quantitative estimate of drug-likeness (QED) is 0.579. The Labute approximate surface area is 98.6 Å². The summed E-state index contributed by atoms with van der Waals surface area (Å²) in [7, 11) is 1.10. The van der Waals surface area contributed by atoms with Crippen LogP contribution in [0, 0.1) is 0 Å². The first-order chi connectivity index (χ1) is 7.72. The van der Waals surface area contributed by atoms with Crippen molar-refractivity contribution in [2.45, 2.75) is 0 Å². The molecule has 0 unspecified atom stereocenters. The van der Waals surface area contributed by atoms with Gasteiger partial charge in [0.2, 0.25) is 0 Å². The fourth-order valence-electron chi connectivity index (χ4n) is 1.57. The predicted molar refractivity (Wildman–Crippen MR) is 60.5 cm³/mol. The number of benzene rings is 1. The third kappa shape index (κ3) is 2.21. The number of hydrogen-bond acceptors (Lipinski definition) is 4. The van der Waals surface area contributed by atoms with E-state index in [1.165, 1.54) is 7.11 Å². The molecular formula is C10H10BClO4. The zero-order valence-electron chi connectivity index (χ0n) is 8.73. The molecule has 1 aliphatic rings. The van der Waals surface area contributed by atoms with Gasteiger partial charge in [0.25, 0.3) is 5.24 Å². The van der Waals surface area contributed by atoms with Crippen LogP contribution in [0.15, 0.2) is 18.2 Å². The minimum absolute atomic E-state index is 0.389. The van der Waals surface area contributed by atoms with E-state index in [4.69, 9.17) is 25.6 Å². The number of halogens is 1. The Morgan fingerprint density at radius 3 is 2.69 bits per heavy atom. The lowest BCUT2D eigenvalue weighted by Gasteiger charge is -2.10. The van der Waals surface area contributed by atoms with Gasteiger partial charge in [-0.2, -0.15) is 0 Å². The van der Waals surface area contributed by atoms with Gasteiger partial charge in [-0.25, -0.2) is 0 Å². The Hall–Kier alpha value is -1.04. The third-order valence-corrected chi connectivity index (χ3v) is 2.55. The molecule has 16 heavy (non-hydrogen) atoms. The Kier molecular flexibility index (Phi) is 3.48. The van der Waals surface area contributed by atoms with Gasteiger partial charge in [-0.15, -0.1) is 0 Å². The van der Waals surface area contributed by atoms with E-state index >= 15 is 0 Å². The minimum atomic E-state index is -0.516. The van der Waals surface area contributed by atoms with Crippen LogP contribution in [0.2, 0.25) is 0 Å². The molecule has 1 heterocycles. The molecule has 0 saturated carbocycles. The molecule has 0 aliphatic carbocycles. The Morgan fingerprint density at radius 2 is 2.12 bits per heavy atom. The molecule has 1 fully saturated rings. The lowest BCUT2D eigenvalue weighted by atomic mass is 9.78. The van der Waals surface area contributed by atoms with Crippen LogP contribution >= 0.6 is 11.6 Å². The van der Waals surface area contributed by atoms with Crippen molar-refractivity contribution in [2.24, 2.45) is 0 Å². The first kappa shape index (κ1) is 11.5. The lowest BCUT2D eigenvalue weighted by molar-refractivity contribution is 0.108. The Morgan fingerprint density at radius 1 is 1.44 bits per heavy atom. The average Bonchev–Trinajstić information content (AvgIpc) is 2.81. The standard InChI is InChI=1S/C10H10BClO4/c1-14-9-6-7(10(12)13)2-3-8(9)11-15-4-5-16-11/h2-3,6H,4-5H2,1H3. The monoisotopic (exact) mass is 240 g/mol. The fourth-order valence-corrected chi connectivity index (χ4v) is 1.68. The number of ether oxygens (including phenoxy) is 1. The van der Waals surface area contributed by atoms with Crippen LogP contribution in [0.25, 0.3) is 0 Å². The van der Waals surface area contributed by atoms with Crippen molar-refractivity contribution in [1.29, 1.82) is 0 Å². The molecular weight excluding hydrogens is 230 g/mol. The number of carbonyl (C=O) groups is 1. The van der Waals surface area contributed by atoms with Gasteiger partial charge < -0.3 is 14.0 Å². The van der Waals surface area contributed by atoms with Crippen molar-refractivity contribution in [3.05, 3.63) is 23.8 Å². The number of rotatable bonds is 3. The Bertz CT molecular complexity index is 404. The summed E-state index contributed by atoms with van der Waals surface area (Å²) in [5, 5.41) is -0.516. The summed E-state index contributed by atoms with van der Waals surface area (Å²) >= 11 is 5.39. The van der Waals surface area contributed by atoms with Crippen LogP contribution in [0.3, 0.4) is 0 Å². The fraction of sp³-hybridized carbons (Fsp3) is 0.300. The molecule has 0 amide bonds. The summed E-state index contributed by atoms with van der Waals surface area (Å²) < 4.78 is 15.9. The van der Waals surface area contributed by atoms with Crippen LogP contribution in [-0.2, 0) is 9.31 Å². The molecule has 1 saturated heterocycles. The molecule has 4 nitrogen and oxygen atoms in total. The van der Waals surface area contributed by atoms with Gasteiger partial charge in [0.15, 0.2) is 0 Å². The molecule has 1 aromatic rings. The van der Waals surface area contributed by atoms with Gasteiger partial charge in [0.1, 0.15) is 5.75 Å². The van der Waals surface area contributed by atoms with Crippen molar-refractivity contribution in [3.63, 3.8) is 0 Å². The van der Waals surface area contributed by atoms with Crippen LogP contribution in [0.4, 0.5) is 0 Å². The highest BCUT2D eigenvalue weighted by Crippen LogP contribution is 2.15. The van der Waals surface area contributed by atoms with E-state index in [1.54, 1.807) is 18.2 Å². The molecule has 2 rings (SSSR count). The van der Waals surface area contributed by atoms with Gasteiger partial charge >= 0.3 is 7.12 Å². The smallest absolute Gasteiger partial charge is 0.497 e. The van der Waals surface area contributed by atoms with Crippen molar-refractivity contribution in [3.8, 4) is 5.75 Å². The maximum atomic E-state index is 11.0. The maximum Gasteiger partial charge on any atom is 0.497 e. The summed E-state index contributed by atoms with van der Waals surface area (Å²) in [5.41, 5.74) is 1.15. The maximum absolute atomic E-state index is 11.0. The summed E-state index contributed by atoms with van der Waals surface area (Å²) in [6.45, 7) is 1.12. The molecule has 0 radical (unpaired) electrons. The van der Waals surface area contributed by atoms with Gasteiger partial charge in [0.05, 0.1) is 20.3 Å². The van der Waals surface area contributed by atoms with Crippen molar-refractivity contribution >= 4 is 29.4 Å². The topological polar surface area (TPSA) is 44.8 Å². The number of carbonyl (C=O) groups excluding carboxylic acids is 1. The normalized spacial score (nSPS) is 15.2. The predicted octanol–water partition coefficient (Wildman–Crippen LogP) is 0.816. The third-order valence-electron chi connectivity index (χ3n) is 2.34. The SMILES string of the molecule is COc1cc(C(=O)Cl)ccc1B1OCCO1. The van der Waals surface area contributed by atoms with Crippen molar-refractivity contribution in [1.82, 2.24) is 0 Å². The summed E-state index contributed by atoms with van der Waals surface area (Å²) in [5.74, 6) is 0.540. The van der Waals surface area contributed by atoms with E-state index in [-0.39, 0.29) is 0 Å². The highest BCUT2D eigenvalue weighted by Gasteiger charge is 2.29. The van der Waals surface area contributed by atoms with E-state index in [1.807, 2.05) is 0 Å². The zero-order chi connectivity index (χ0) is 11.5. The molecule has 0 bridgehead atoms. The van der Waals surface area contributed by atoms with Gasteiger partial charge in [0, 0.05) is 11.0 Å². The van der Waals surface area contributed by atoms with Crippen molar-refractivity contribution < 1.29 is 18.8 Å². The molecule has 0 spiro atoms. The highest BCUT2D eigenvalue weighted by molar-refractivity contribution is 6.68.